The topological polar surface area (TPSA) is 46.1 Å². The largest absolute Gasteiger partial charge is 0.342 e. The fraction of sp³-hybridized carbons (Fsp3) is 0.421. The normalized spacial score (nSPS) is 18.0. The molecule has 0 N–H and O–H groups in total. The zero-order chi connectivity index (χ0) is 16.1. The molecular weight excluding hydrogens is 286 g/mol. The Bertz CT molecular complexity index is 657. The maximum absolute atomic E-state index is 12.5. The van der Waals surface area contributed by atoms with Crippen LogP contribution in [-0.2, 0) is 11.2 Å². The lowest BCUT2D eigenvalue weighted by Crippen LogP contribution is -2.39. The SMILES string of the molecule is Cc1nccc(C2CCCN(C(=O)CCc3ccccc3)C2)n1. The van der Waals surface area contributed by atoms with E-state index in [2.05, 4.69) is 22.1 Å². The van der Waals surface area contributed by atoms with Crippen molar-refractivity contribution in [3.05, 3.63) is 59.7 Å². The molecule has 4 nitrogen and oxygen atoms in total. The third kappa shape index (κ3) is 4.15. The standard InChI is InChI=1S/C19H23N3O/c1-15-20-12-11-18(21-15)17-8-5-13-22(14-17)19(23)10-9-16-6-3-2-4-7-16/h2-4,6-7,11-12,17H,5,8-10,13-14H2,1H3. The highest BCUT2D eigenvalue weighted by Gasteiger charge is 2.25. The van der Waals surface area contributed by atoms with Crippen molar-refractivity contribution in [1.29, 1.82) is 0 Å². The second-order valence-electron chi connectivity index (χ2n) is 6.19. The van der Waals surface area contributed by atoms with Crippen molar-refractivity contribution in [1.82, 2.24) is 14.9 Å². The van der Waals surface area contributed by atoms with Crippen LogP contribution in [0.3, 0.4) is 0 Å². The fourth-order valence-corrected chi connectivity index (χ4v) is 3.20. The van der Waals surface area contributed by atoms with E-state index in [4.69, 9.17) is 0 Å². The Kier molecular flexibility index (Phi) is 5.01. The number of likely N-dealkylation sites (tertiary alicyclic amines) is 1. The Labute approximate surface area is 137 Å². The zero-order valence-electron chi connectivity index (χ0n) is 13.6. The van der Waals surface area contributed by atoms with Gasteiger partial charge in [0.25, 0.3) is 0 Å². The summed E-state index contributed by atoms with van der Waals surface area (Å²) in [4.78, 5) is 23.2. The molecule has 1 atom stereocenters. The van der Waals surface area contributed by atoms with E-state index in [9.17, 15) is 4.79 Å². The number of carbonyl (C=O) groups is 1. The summed E-state index contributed by atoms with van der Waals surface area (Å²) in [6.07, 6.45) is 5.35. The van der Waals surface area contributed by atoms with E-state index in [-0.39, 0.29) is 5.91 Å². The quantitative estimate of drug-likeness (QED) is 0.871. The summed E-state index contributed by atoms with van der Waals surface area (Å²) < 4.78 is 0. The molecule has 1 aliphatic rings. The van der Waals surface area contributed by atoms with Crippen LogP contribution in [0.5, 0.6) is 0 Å². The number of aromatic nitrogens is 2. The van der Waals surface area contributed by atoms with Crippen molar-refractivity contribution in [2.75, 3.05) is 13.1 Å². The Hall–Kier alpha value is -2.23. The van der Waals surface area contributed by atoms with Crippen molar-refractivity contribution in [3.63, 3.8) is 0 Å². The van der Waals surface area contributed by atoms with Gasteiger partial charge in [-0.05, 0) is 37.8 Å². The predicted molar refractivity (Wildman–Crippen MR) is 90.1 cm³/mol. The number of nitrogens with zero attached hydrogens (tertiary/aromatic N) is 3. The van der Waals surface area contributed by atoms with Crippen molar-refractivity contribution in [3.8, 4) is 0 Å². The molecule has 0 spiro atoms. The summed E-state index contributed by atoms with van der Waals surface area (Å²) in [6.45, 7) is 3.56. The van der Waals surface area contributed by atoms with Crippen LogP contribution < -0.4 is 0 Å². The minimum absolute atomic E-state index is 0.254. The van der Waals surface area contributed by atoms with Gasteiger partial charge in [0.05, 0.1) is 0 Å². The molecule has 1 fully saturated rings. The summed E-state index contributed by atoms with van der Waals surface area (Å²) in [6, 6.07) is 12.2. The second-order valence-corrected chi connectivity index (χ2v) is 6.19. The van der Waals surface area contributed by atoms with Crippen LogP contribution in [0.25, 0.3) is 0 Å². The van der Waals surface area contributed by atoms with E-state index in [1.54, 1.807) is 0 Å². The number of amides is 1. The molecule has 3 rings (SSSR count). The molecule has 4 heteroatoms. The Morgan fingerprint density at radius 3 is 2.87 bits per heavy atom. The third-order valence-electron chi connectivity index (χ3n) is 4.46. The van der Waals surface area contributed by atoms with Crippen LogP contribution in [0.4, 0.5) is 0 Å². The maximum atomic E-state index is 12.5. The number of hydrogen-bond donors (Lipinski definition) is 0. The van der Waals surface area contributed by atoms with Gasteiger partial charge >= 0.3 is 0 Å². The van der Waals surface area contributed by atoms with E-state index >= 15 is 0 Å². The molecule has 0 bridgehead atoms. The first kappa shape index (κ1) is 15.7. The minimum atomic E-state index is 0.254. The number of hydrogen-bond acceptors (Lipinski definition) is 3. The highest BCUT2D eigenvalue weighted by atomic mass is 16.2. The molecule has 120 valence electrons. The first-order valence-corrected chi connectivity index (χ1v) is 8.33. The fourth-order valence-electron chi connectivity index (χ4n) is 3.20. The van der Waals surface area contributed by atoms with Crippen molar-refractivity contribution < 1.29 is 4.79 Å². The van der Waals surface area contributed by atoms with Gasteiger partial charge in [0.1, 0.15) is 5.82 Å². The molecule has 0 radical (unpaired) electrons. The lowest BCUT2D eigenvalue weighted by Gasteiger charge is -2.32. The van der Waals surface area contributed by atoms with Crippen LogP contribution in [-0.4, -0.2) is 33.9 Å². The van der Waals surface area contributed by atoms with Gasteiger partial charge in [0.2, 0.25) is 5.91 Å². The van der Waals surface area contributed by atoms with Crippen molar-refractivity contribution in [2.45, 2.75) is 38.5 Å². The Morgan fingerprint density at radius 1 is 1.26 bits per heavy atom. The van der Waals surface area contributed by atoms with Gasteiger partial charge in [-0.15, -0.1) is 0 Å². The van der Waals surface area contributed by atoms with E-state index < -0.39 is 0 Å². The van der Waals surface area contributed by atoms with Gasteiger partial charge < -0.3 is 4.90 Å². The molecule has 23 heavy (non-hydrogen) atoms. The van der Waals surface area contributed by atoms with Gasteiger partial charge in [0.15, 0.2) is 0 Å². The summed E-state index contributed by atoms with van der Waals surface area (Å²) >= 11 is 0. The lowest BCUT2D eigenvalue weighted by molar-refractivity contribution is -0.132. The van der Waals surface area contributed by atoms with Crippen LogP contribution in [0, 0.1) is 6.92 Å². The number of piperidine rings is 1. The van der Waals surface area contributed by atoms with E-state index in [0.29, 0.717) is 12.3 Å². The molecule has 2 aromatic rings. The molecule has 0 saturated carbocycles. The molecule has 1 saturated heterocycles. The smallest absolute Gasteiger partial charge is 0.222 e. The highest BCUT2D eigenvalue weighted by molar-refractivity contribution is 5.76. The first-order chi connectivity index (χ1) is 11.2. The molecule has 1 aliphatic heterocycles. The van der Waals surface area contributed by atoms with E-state index in [1.165, 1.54) is 5.56 Å². The van der Waals surface area contributed by atoms with Crippen molar-refractivity contribution >= 4 is 5.91 Å². The second kappa shape index (κ2) is 7.36. The van der Waals surface area contributed by atoms with E-state index in [1.807, 2.05) is 42.3 Å². The molecule has 1 unspecified atom stereocenters. The van der Waals surface area contributed by atoms with Gasteiger partial charge in [-0.3, -0.25) is 4.79 Å². The summed E-state index contributed by atoms with van der Waals surface area (Å²) in [5.41, 5.74) is 2.29. The van der Waals surface area contributed by atoms with Crippen LogP contribution in [0.2, 0.25) is 0 Å². The van der Waals surface area contributed by atoms with Gasteiger partial charge in [-0.2, -0.15) is 0 Å². The van der Waals surface area contributed by atoms with Crippen LogP contribution in [0.1, 0.15) is 42.3 Å². The van der Waals surface area contributed by atoms with Gasteiger partial charge in [0, 0.05) is 37.3 Å². The minimum Gasteiger partial charge on any atom is -0.342 e. The summed E-state index contributed by atoms with van der Waals surface area (Å²) in [5, 5.41) is 0. The van der Waals surface area contributed by atoms with E-state index in [0.717, 1.165) is 43.9 Å². The Morgan fingerprint density at radius 2 is 2.09 bits per heavy atom. The molecular formula is C19H23N3O. The molecule has 2 heterocycles. The monoisotopic (exact) mass is 309 g/mol. The van der Waals surface area contributed by atoms with Crippen molar-refractivity contribution in [2.24, 2.45) is 0 Å². The number of aryl methyl sites for hydroxylation is 2. The predicted octanol–water partition coefficient (Wildman–Crippen LogP) is 3.12. The first-order valence-electron chi connectivity index (χ1n) is 8.33. The number of rotatable bonds is 4. The molecule has 1 amide bonds. The zero-order valence-corrected chi connectivity index (χ0v) is 13.6. The molecule has 1 aromatic carbocycles. The highest BCUT2D eigenvalue weighted by Crippen LogP contribution is 2.26. The average Bonchev–Trinajstić information content (AvgIpc) is 2.61. The summed E-state index contributed by atoms with van der Waals surface area (Å²) in [7, 11) is 0. The third-order valence-corrected chi connectivity index (χ3v) is 4.46. The van der Waals surface area contributed by atoms with Crippen LogP contribution in [0.15, 0.2) is 42.6 Å². The van der Waals surface area contributed by atoms with Gasteiger partial charge in [-0.1, -0.05) is 30.3 Å². The van der Waals surface area contributed by atoms with Crippen LogP contribution >= 0.6 is 0 Å². The molecule has 0 aliphatic carbocycles. The molecule has 1 aromatic heterocycles. The lowest BCUT2D eigenvalue weighted by atomic mass is 9.94. The van der Waals surface area contributed by atoms with Gasteiger partial charge in [-0.25, -0.2) is 9.97 Å². The number of benzene rings is 1. The maximum Gasteiger partial charge on any atom is 0.222 e. The summed E-state index contributed by atoms with van der Waals surface area (Å²) in [5.74, 6) is 1.39. The average molecular weight is 309 g/mol. The number of carbonyl (C=O) groups excluding carboxylic acids is 1. The Balaban J connectivity index is 1.58.